The molecule has 0 unspecified atom stereocenters. The van der Waals surface area contributed by atoms with Crippen LogP contribution in [0.25, 0.3) is 0 Å². The number of carbonyl (C=O) groups excluding carboxylic acids is 1. The first-order valence-corrected chi connectivity index (χ1v) is 11.4. The molecule has 0 bridgehead atoms. The van der Waals surface area contributed by atoms with E-state index in [9.17, 15) is 13.2 Å². The molecule has 0 saturated carbocycles. The van der Waals surface area contributed by atoms with E-state index in [-0.39, 0.29) is 10.8 Å². The van der Waals surface area contributed by atoms with Crippen molar-refractivity contribution in [3.8, 4) is 5.75 Å². The standard InChI is InChI=1S/C22H28N2O4S/c1-4-28-20-9-11-21(12-10-20)29(26,27)23-19-7-5-18(6-8-19)22(25)24-14-16(2)13-17(3)15-24/h5-12,16-17,23H,4,13-15H2,1-3H3/t16-,17+. The van der Waals surface area contributed by atoms with Crippen LogP contribution in [-0.4, -0.2) is 38.9 Å². The van der Waals surface area contributed by atoms with Gasteiger partial charge in [-0.2, -0.15) is 0 Å². The molecule has 1 aliphatic rings. The van der Waals surface area contributed by atoms with Crippen molar-refractivity contribution in [3.63, 3.8) is 0 Å². The molecule has 1 aliphatic heterocycles. The lowest BCUT2D eigenvalue weighted by molar-refractivity contribution is 0.0623. The summed E-state index contributed by atoms with van der Waals surface area (Å²) in [6.07, 6.45) is 1.13. The summed E-state index contributed by atoms with van der Waals surface area (Å²) >= 11 is 0. The van der Waals surface area contributed by atoms with Crippen LogP contribution in [0.4, 0.5) is 5.69 Å². The summed E-state index contributed by atoms with van der Waals surface area (Å²) in [4.78, 5) is 14.8. The van der Waals surface area contributed by atoms with Crippen LogP contribution in [-0.2, 0) is 10.0 Å². The number of piperidine rings is 1. The zero-order valence-corrected chi connectivity index (χ0v) is 17.9. The van der Waals surface area contributed by atoms with Crippen molar-refractivity contribution in [3.05, 3.63) is 54.1 Å². The summed E-state index contributed by atoms with van der Waals surface area (Å²) in [6.45, 7) is 8.23. The molecule has 0 aliphatic carbocycles. The van der Waals surface area contributed by atoms with Gasteiger partial charge in [0.1, 0.15) is 5.75 Å². The molecule has 7 heteroatoms. The fourth-order valence-corrected chi connectivity index (χ4v) is 4.85. The molecule has 0 radical (unpaired) electrons. The number of amides is 1. The van der Waals surface area contributed by atoms with Gasteiger partial charge in [-0.25, -0.2) is 8.42 Å². The predicted molar refractivity (Wildman–Crippen MR) is 114 cm³/mol. The van der Waals surface area contributed by atoms with Crippen molar-refractivity contribution < 1.29 is 17.9 Å². The molecule has 2 aromatic rings. The molecule has 1 N–H and O–H groups in total. The number of carbonyl (C=O) groups is 1. The van der Waals surface area contributed by atoms with E-state index in [0.29, 0.717) is 35.4 Å². The number of rotatable bonds is 6. The Kier molecular flexibility index (Phi) is 6.47. The zero-order chi connectivity index (χ0) is 21.0. The molecule has 0 aromatic heterocycles. The van der Waals surface area contributed by atoms with Gasteiger partial charge in [0.2, 0.25) is 0 Å². The number of hydrogen-bond donors (Lipinski definition) is 1. The second-order valence-electron chi connectivity index (χ2n) is 7.74. The van der Waals surface area contributed by atoms with Gasteiger partial charge in [-0.1, -0.05) is 13.8 Å². The number of likely N-dealkylation sites (tertiary alicyclic amines) is 1. The Labute approximate surface area is 172 Å². The first-order valence-electron chi connectivity index (χ1n) is 9.93. The van der Waals surface area contributed by atoms with Gasteiger partial charge in [0, 0.05) is 24.3 Å². The van der Waals surface area contributed by atoms with E-state index in [2.05, 4.69) is 18.6 Å². The van der Waals surface area contributed by atoms with Crippen molar-refractivity contribution >= 4 is 21.6 Å². The van der Waals surface area contributed by atoms with Crippen molar-refractivity contribution in [1.29, 1.82) is 0 Å². The van der Waals surface area contributed by atoms with E-state index >= 15 is 0 Å². The lowest BCUT2D eigenvalue weighted by Gasteiger charge is -2.35. The molecule has 6 nitrogen and oxygen atoms in total. The van der Waals surface area contributed by atoms with E-state index in [1.54, 1.807) is 36.4 Å². The lowest BCUT2D eigenvalue weighted by atomic mass is 9.91. The molecule has 3 rings (SSSR count). The van der Waals surface area contributed by atoms with Gasteiger partial charge in [-0.05, 0) is 73.7 Å². The van der Waals surface area contributed by atoms with Crippen molar-refractivity contribution in [2.75, 3.05) is 24.4 Å². The molecule has 0 spiro atoms. The third kappa shape index (κ3) is 5.29. The third-order valence-electron chi connectivity index (χ3n) is 4.99. The summed E-state index contributed by atoms with van der Waals surface area (Å²) in [7, 11) is -3.71. The molecule has 1 heterocycles. The number of hydrogen-bond acceptors (Lipinski definition) is 4. The number of sulfonamides is 1. The minimum Gasteiger partial charge on any atom is -0.494 e. The minimum atomic E-state index is -3.71. The Bertz CT molecular complexity index is 930. The van der Waals surface area contributed by atoms with Crippen LogP contribution >= 0.6 is 0 Å². The number of nitrogens with zero attached hydrogens (tertiary/aromatic N) is 1. The average molecular weight is 417 g/mol. The van der Waals surface area contributed by atoms with E-state index in [0.717, 1.165) is 19.5 Å². The van der Waals surface area contributed by atoms with Crippen molar-refractivity contribution in [1.82, 2.24) is 4.90 Å². The summed E-state index contributed by atoms with van der Waals surface area (Å²) in [5.41, 5.74) is 0.978. The van der Waals surface area contributed by atoms with Crippen LogP contribution in [0.5, 0.6) is 5.75 Å². The normalized spacial score (nSPS) is 19.6. The van der Waals surface area contributed by atoms with Crippen LogP contribution in [0.15, 0.2) is 53.4 Å². The van der Waals surface area contributed by atoms with Crippen LogP contribution in [0.2, 0.25) is 0 Å². The van der Waals surface area contributed by atoms with Gasteiger partial charge >= 0.3 is 0 Å². The number of benzene rings is 2. The van der Waals surface area contributed by atoms with E-state index in [4.69, 9.17) is 4.74 Å². The monoisotopic (exact) mass is 416 g/mol. The molecule has 2 aromatic carbocycles. The molecule has 29 heavy (non-hydrogen) atoms. The molecule has 1 saturated heterocycles. The largest absolute Gasteiger partial charge is 0.494 e. The minimum absolute atomic E-state index is 0.00989. The van der Waals surface area contributed by atoms with Crippen molar-refractivity contribution in [2.24, 2.45) is 11.8 Å². The number of anilines is 1. The Morgan fingerprint density at radius 2 is 1.62 bits per heavy atom. The fourth-order valence-electron chi connectivity index (χ4n) is 3.79. The second kappa shape index (κ2) is 8.86. The van der Waals surface area contributed by atoms with Crippen LogP contribution in [0, 0.1) is 11.8 Å². The smallest absolute Gasteiger partial charge is 0.261 e. The SMILES string of the molecule is CCOc1ccc(S(=O)(=O)Nc2ccc(C(=O)N3C[C@H](C)C[C@H](C)C3)cc2)cc1. The van der Waals surface area contributed by atoms with E-state index in [1.807, 2.05) is 11.8 Å². The molecular weight excluding hydrogens is 388 g/mol. The second-order valence-corrected chi connectivity index (χ2v) is 9.43. The summed E-state index contributed by atoms with van der Waals surface area (Å²) in [5.74, 6) is 1.59. The highest BCUT2D eigenvalue weighted by Crippen LogP contribution is 2.24. The maximum atomic E-state index is 12.8. The maximum absolute atomic E-state index is 12.8. The molecule has 1 amide bonds. The lowest BCUT2D eigenvalue weighted by Crippen LogP contribution is -2.42. The average Bonchev–Trinajstić information content (AvgIpc) is 2.68. The van der Waals surface area contributed by atoms with Gasteiger partial charge in [0.25, 0.3) is 15.9 Å². The van der Waals surface area contributed by atoms with E-state index < -0.39 is 10.0 Å². The summed E-state index contributed by atoms with van der Waals surface area (Å²) in [5, 5.41) is 0. The van der Waals surface area contributed by atoms with Crippen LogP contribution in [0.3, 0.4) is 0 Å². The molecule has 1 fully saturated rings. The molecular formula is C22H28N2O4S. The molecule has 156 valence electrons. The summed E-state index contributed by atoms with van der Waals surface area (Å²) < 4.78 is 33.1. The number of nitrogens with one attached hydrogen (secondary N) is 1. The van der Waals surface area contributed by atoms with Gasteiger partial charge in [-0.3, -0.25) is 9.52 Å². The fraction of sp³-hybridized carbons (Fsp3) is 0.409. The van der Waals surface area contributed by atoms with Gasteiger partial charge in [0.05, 0.1) is 11.5 Å². The summed E-state index contributed by atoms with van der Waals surface area (Å²) in [6, 6.07) is 12.8. The quantitative estimate of drug-likeness (QED) is 0.772. The van der Waals surface area contributed by atoms with E-state index in [1.165, 1.54) is 12.1 Å². The maximum Gasteiger partial charge on any atom is 0.261 e. The van der Waals surface area contributed by atoms with Crippen molar-refractivity contribution in [2.45, 2.75) is 32.1 Å². The topological polar surface area (TPSA) is 75.7 Å². The number of ether oxygens (including phenoxy) is 1. The molecule has 2 atom stereocenters. The van der Waals surface area contributed by atoms with Gasteiger partial charge < -0.3 is 9.64 Å². The highest BCUT2D eigenvalue weighted by atomic mass is 32.2. The Balaban J connectivity index is 1.69. The highest BCUT2D eigenvalue weighted by molar-refractivity contribution is 7.92. The highest BCUT2D eigenvalue weighted by Gasteiger charge is 2.26. The van der Waals surface area contributed by atoms with Crippen LogP contribution in [0.1, 0.15) is 37.6 Å². The predicted octanol–water partition coefficient (Wildman–Crippen LogP) is 4.00. The zero-order valence-electron chi connectivity index (χ0n) is 17.1. The Hall–Kier alpha value is -2.54. The Morgan fingerprint density at radius 1 is 1.03 bits per heavy atom. The van der Waals surface area contributed by atoms with Crippen LogP contribution < -0.4 is 9.46 Å². The first kappa shape index (κ1) is 21.2. The van der Waals surface area contributed by atoms with Gasteiger partial charge in [0.15, 0.2) is 0 Å². The van der Waals surface area contributed by atoms with Gasteiger partial charge in [-0.15, -0.1) is 0 Å². The third-order valence-corrected chi connectivity index (χ3v) is 6.38. The Morgan fingerprint density at radius 3 is 2.17 bits per heavy atom. The first-order chi connectivity index (χ1) is 13.8.